The molecule has 0 saturated heterocycles. The van der Waals surface area contributed by atoms with Gasteiger partial charge in [0.15, 0.2) is 0 Å². The Bertz CT molecular complexity index is 311. The fourth-order valence-corrected chi connectivity index (χ4v) is 2.67. The van der Waals surface area contributed by atoms with Crippen molar-refractivity contribution in [2.24, 2.45) is 0 Å². The number of hydrogen-bond donors (Lipinski definition) is 1. The van der Waals surface area contributed by atoms with Crippen LogP contribution in [0.5, 0.6) is 0 Å². The minimum Gasteiger partial charge on any atom is -0.333 e. The molecule has 0 radical (unpaired) electrons. The average Bonchev–Trinajstić information content (AvgIpc) is 2.63. The van der Waals surface area contributed by atoms with E-state index in [1.54, 1.807) is 0 Å². The van der Waals surface area contributed by atoms with Crippen LogP contribution in [0.3, 0.4) is 0 Å². The summed E-state index contributed by atoms with van der Waals surface area (Å²) in [6.45, 7) is 4.27. The van der Waals surface area contributed by atoms with Gasteiger partial charge in [-0.25, -0.2) is 4.98 Å². The zero-order valence-corrected chi connectivity index (χ0v) is 11.0. The summed E-state index contributed by atoms with van der Waals surface area (Å²) < 4.78 is 2.27. The van der Waals surface area contributed by atoms with Crippen LogP contribution in [0.4, 0.5) is 0 Å². The third kappa shape index (κ3) is 3.84. The largest absolute Gasteiger partial charge is 0.333 e. The van der Waals surface area contributed by atoms with E-state index in [0.717, 1.165) is 19.1 Å². The fourth-order valence-electron chi connectivity index (χ4n) is 2.67. The molecule has 1 fully saturated rings. The van der Waals surface area contributed by atoms with E-state index in [1.165, 1.54) is 50.6 Å². The molecule has 0 unspecified atom stereocenters. The second-order valence-corrected chi connectivity index (χ2v) is 5.15. The summed E-state index contributed by atoms with van der Waals surface area (Å²) in [7, 11) is 0. The molecule has 1 aliphatic rings. The van der Waals surface area contributed by atoms with Crippen molar-refractivity contribution in [3.05, 3.63) is 18.2 Å². The quantitative estimate of drug-likeness (QED) is 0.795. The molecule has 1 aliphatic carbocycles. The monoisotopic (exact) mass is 235 g/mol. The number of rotatable bonds is 5. The Morgan fingerprint density at radius 3 is 2.76 bits per heavy atom. The molecule has 3 nitrogen and oxygen atoms in total. The van der Waals surface area contributed by atoms with E-state index >= 15 is 0 Å². The van der Waals surface area contributed by atoms with Gasteiger partial charge in [0.25, 0.3) is 0 Å². The van der Waals surface area contributed by atoms with Crippen LogP contribution in [-0.2, 0) is 13.1 Å². The van der Waals surface area contributed by atoms with E-state index in [9.17, 15) is 0 Å². The number of nitrogens with one attached hydrogen (secondary N) is 1. The van der Waals surface area contributed by atoms with Crippen LogP contribution in [-0.4, -0.2) is 15.6 Å². The van der Waals surface area contributed by atoms with Gasteiger partial charge in [0.1, 0.15) is 0 Å². The molecule has 0 aromatic carbocycles. The highest BCUT2D eigenvalue weighted by Crippen LogP contribution is 2.17. The molecule has 1 saturated carbocycles. The van der Waals surface area contributed by atoms with E-state index in [2.05, 4.69) is 21.8 Å². The molecular formula is C14H25N3. The molecule has 0 aliphatic heterocycles. The summed E-state index contributed by atoms with van der Waals surface area (Å²) in [4.78, 5) is 4.25. The molecule has 1 heterocycles. The van der Waals surface area contributed by atoms with Gasteiger partial charge in [0.05, 0.1) is 12.0 Å². The molecule has 2 rings (SSSR count). The van der Waals surface area contributed by atoms with Gasteiger partial charge in [-0.1, -0.05) is 32.6 Å². The van der Waals surface area contributed by atoms with Crippen molar-refractivity contribution in [1.29, 1.82) is 0 Å². The number of hydrogen-bond acceptors (Lipinski definition) is 2. The van der Waals surface area contributed by atoms with E-state index < -0.39 is 0 Å². The summed E-state index contributed by atoms with van der Waals surface area (Å²) in [6, 6.07) is 0.725. The topological polar surface area (TPSA) is 29.9 Å². The minimum atomic E-state index is 0.725. The molecule has 96 valence electrons. The van der Waals surface area contributed by atoms with Crippen LogP contribution in [0.2, 0.25) is 0 Å². The van der Waals surface area contributed by atoms with Crippen LogP contribution >= 0.6 is 0 Å². The highest BCUT2D eigenvalue weighted by molar-refractivity contribution is 4.98. The van der Waals surface area contributed by atoms with E-state index in [-0.39, 0.29) is 0 Å². The van der Waals surface area contributed by atoms with Crippen LogP contribution < -0.4 is 5.32 Å². The zero-order chi connectivity index (χ0) is 11.9. The predicted molar refractivity (Wildman–Crippen MR) is 70.8 cm³/mol. The second-order valence-electron chi connectivity index (χ2n) is 5.15. The molecule has 0 spiro atoms. The van der Waals surface area contributed by atoms with Gasteiger partial charge in [-0.3, -0.25) is 0 Å². The van der Waals surface area contributed by atoms with E-state index in [4.69, 9.17) is 0 Å². The molecule has 0 atom stereocenters. The normalized spacial score (nSPS) is 18.2. The van der Waals surface area contributed by atoms with Crippen molar-refractivity contribution in [2.75, 3.05) is 0 Å². The molecule has 1 N–H and O–H groups in total. The lowest BCUT2D eigenvalue weighted by molar-refractivity contribution is 0.449. The van der Waals surface area contributed by atoms with Gasteiger partial charge in [-0.15, -0.1) is 0 Å². The number of aryl methyl sites for hydroxylation is 1. The van der Waals surface area contributed by atoms with Crippen LogP contribution in [0.25, 0.3) is 0 Å². The van der Waals surface area contributed by atoms with Gasteiger partial charge < -0.3 is 9.88 Å². The third-order valence-electron chi connectivity index (χ3n) is 3.69. The Morgan fingerprint density at radius 2 is 2.06 bits per heavy atom. The van der Waals surface area contributed by atoms with Crippen molar-refractivity contribution in [1.82, 2.24) is 14.9 Å². The molecule has 0 amide bonds. The van der Waals surface area contributed by atoms with Crippen molar-refractivity contribution >= 4 is 0 Å². The SMILES string of the molecule is CCCn1cncc1CNC1CCCCCC1. The first-order valence-corrected chi connectivity index (χ1v) is 7.12. The Hall–Kier alpha value is -0.830. The number of imidazole rings is 1. The fraction of sp³-hybridized carbons (Fsp3) is 0.786. The van der Waals surface area contributed by atoms with Crippen molar-refractivity contribution in [3.63, 3.8) is 0 Å². The molecule has 1 aromatic rings. The lowest BCUT2D eigenvalue weighted by Gasteiger charge is -2.16. The number of aromatic nitrogens is 2. The third-order valence-corrected chi connectivity index (χ3v) is 3.69. The van der Waals surface area contributed by atoms with E-state index in [0.29, 0.717) is 0 Å². The molecule has 3 heteroatoms. The van der Waals surface area contributed by atoms with Gasteiger partial charge >= 0.3 is 0 Å². The van der Waals surface area contributed by atoms with Crippen molar-refractivity contribution < 1.29 is 0 Å². The Labute approximate surface area is 105 Å². The maximum Gasteiger partial charge on any atom is 0.0948 e. The Balaban J connectivity index is 1.81. The highest BCUT2D eigenvalue weighted by Gasteiger charge is 2.12. The maximum atomic E-state index is 4.25. The highest BCUT2D eigenvalue weighted by atomic mass is 15.1. The smallest absolute Gasteiger partial charge is 0.0948 e. The standard InChI is InChI=1S/C14H25N3/c1-2-9-17-12-15-10-14(17)11-16-13-7-5-3-4-6-8-13/h10,12-13,16H,2-9,11H2,1H3. The van der Waals surface area contributed by atoms with Crippen molar-refractivity contribution in [2.45, 2.75) is 71.0 Å². The van der Waals surface area contributed by atoms with Crippen LogP contribution in [0.15, 0.2) is 12.5 Å². The zero-order valence-electron chi connectivity index (χ0n) is 11.0. The first-order valence-electron chi connectivity index (χ1n) is 7.12. The van der Waals surface area contributed by atoms with Gasteiger partial charge in [0, 0.05) is 25.3 Å². The summed E-state index contributed by atoms with van der Waals surface area (Å²) in [6.07, 6.45) is 13.5. The van der Waals surface area contributed by atoms with Gasteiger partial charge in [-0.05, 0) is 19.3 Å². The maximum absolute atomic E-state index is 4.25. The Kier molecular flexibility index (Phi) is 5.05. The first kappa shape index (κ1) is 12.6. The Morgan fingerprint density at radius 1 is 1.29 bits per heavy atom. The molecule has 0 bridgehead atoms. The first-order chi connectivity index (χ1) is 8.40. The summed E-state index contributed by atoms with van der Waals surface area (Å²) >= 11 is 0. The average molecular weight is 235 g/mol. The number of nitrogens with zero attached hydrogens (tertiary/aromatic N) is 2. The summed E-state index contributed by atoms with van der Waals surface area (Å²) in [5.74, 6) is 0. The summed E-state index contributed by atoms with van der Waals surface area (Å²) in [5.41, 5.74) is 1.33. The van der Waals surface area contributed by atoms with Gasteiger partial charge in [-0.2, -0.15) is 0 Å². The predicted octanol–water partition coefficient (Wildman–Crippen LogP) is 3.11. The van der Waals surface area contributed by atoms with Crippen LogP contribution in [0.1, 0.15) is 57.6 Å². The summed E-state index contributed by atoms with van der Waals surface area (Å²) in [5, 5.41) is 3.70. The van der Waals surface area contributed by atoms with Crippen LogP contribution in [0, 0.1) is 0 Å². The molecule has 1 aromatic heterocycles. The van der Waals surface area contributed by atoms with Crippen molar-refractivity contribution in [3.8, 4) is 0 Å². The second kappa shape index (κ2) is 6.80. The lowest BCUT2D eigenvalue weighted by Crippen LogP contribution is -2.28. The minimum absolute atomic E-state index is 0.725. The molecule has 17 heavy (non-hydrogen) atoms. The van der Waals surface area contributed by atoms with E-state index in [1.807, 2.05) is 12.5 Å². The van der Waals surface area contributed by atoms with Gasteiger partial charge in [0.2, 0.25) is 0 Å². The molecular weight excluding hydrogens is 210 g/mol. The lowest BCUT2D eigenvalue weighted by atomic mass is 10.1.